The minimum atomic E-state index is -0.122. The van der Waals surface area contributed by atoms with E-state index in [1.807, 2.05) is 6.92 Å². The van der Waals surface area contributed by atoms with Gasteiger partial charge < -0.3 is 4.98 Å². The van der Waals surface area contributed by atoms with Crippen LogP contribution < -0.4 is 5.56 Å². The lowest BCUT2D eigenvalue weighted by atomic mass is 10.0. The first kappa shape index (κ1) is 9.65. The van der Waals surface area contributed by atoms with Crippen molar-refractivity contribution in [1.29, 1.82) is 0 Å². The summed E-state index contributed by atoms with van der Waals surface area (Å²) >= 11 is 0. The number of hydrogen-bond donors (Lipinski definition) is 1. The zero-order valence-electron chi connectivity index (χ0n) is 8.41. The van der Waals surface area contributed by atoms with Crippen LogP contribution in [0.2, 0.25) is 0 Å². The Bertz CT molecular complexity index is 569. The zero-order valence-corrected chi connectivity index (χ0v) is 8.41. The molecule has 0 aliphatic carbocycles. The highest BCUT2D eigenvalue weighted by atomic mass is 16.1. The van der Waals surface area contributed by atoms with Crippen LogP contribution in [0.3, 0.4) is 0 Å². The number of rotatable bonds is 2. The average Bonchev–Trinajstić information content (AvgIpc) is 2.28. The largest absolute Gasteiger partial charge is 0.329 e. The van der Waals surface area contributed by atoms with E-state index in [1.54, 1.807) is 30.5 Å². The van der Waals surface area contributed by atoms with Gasteiger partial charge in [0.2, 0.25) is 0 Å². The van der Waals surface area contributed by atoms with Gasteiger partial charge in [0.25, 0.3) is 5.56 Å². The van der Waals surface area contributed by atoms with E-state index in [1.165, 1.54) is 0 Å². The molecule has 3 nitrogen and oxygen atoms in total. The third-order valence-electron chi connectivity index (χ3n) is 2.42. The Labute approximate surface area is 86.8 Å². The Balaban J connectivity index is 2.67. The molecule has 0 amide bonds. The predicted molar refractivity (Wildman–Crippen MR) is 59.2 cm³/mol. The van der Waals surface area contributed by atoms with Crippen LogP contribution in [0.15, 0.2) is 35.3 Å². The number of fused-ring (bicyclic) bond motifs is 1. The average molecular weight is 201 g/mol. The minimum Gasteiger partial charge on any atom is -0.329 e. The van der Waals surface area contributed by atoms with Crippen LogP contribution in [0.25, 0.3) is 10.8 Å². The summed E-state index contributed by atoms with van der Waals surface area (Å²) in [5, 5.41) is 1.42. The van der Waals surface area contributed by atoms with Gasteiger partial charge in [0.15, 0.2) is 5.78 Å². The fourth-order valence-electron chi connectivity index (χ4n) is 1.57. The first-order chi connectivity index (χ1) is 7.22. The van der Waals surface area contributed by atoms with E-state index in [4.69, 9.17) is 0 Å². The van der Waals surface area contributed by atoms with Gasteiger partial charge in [-0.25, -0.2) is 0 Å². The number of hydrogen-bond acceptors (Lipinski definition) is 2. The SMILES string of the molecule is CCC(=O)c1ccc2c(=O)[nH]ccc2c1. The molecule has 0 atom stereocenters. The maximum absolute atomic E-state index is 11.5. The second kappa shape index (κ2) is 3.69. The molecular formula is C12H11NO2. The van der Waals surface area contributed by atoms with Crippen molar-refractivity contribution >= 4 is 16.6 Å². The lowest BCUT2D eigenvalue weighted by molar-refractivity contribution is 0.0988. The van der Waals surface area contributed by atoms with Gasteiger partial charge in [0.05, 0.1) is 0 Å². The molecule has 0 unspecified atom stereocenters. The van der Waals surface area contributed by atoms with Gasteiger partial charge in [-0.3, -0.25) is 9.59 Å². The third-order valence-corrected chi connectivity index (χ3v) is 2.42. The normalized spacial score (nSPS) is 10.5. The Morgan fingerprint density at radius 3 is 2.87 bits per heavy atom. The predicted octanol–water partition coefficient (Wildman–Crippen LogP) is 2.12. The molecular weight excluding hydrogens is 190 g/mol. The third kappa shape index (κ3) is 1.68. The Morgan fingerprint density at radius 2 is 2.13 bits per heavy atom. The lowest BCUT2D eigenvalue weighted by Gasteiger charge is -2.00. The van der Waals surface area contributed by atoms with Gasteiger partial charge in [-0.15, -0.1) is 0 Å². The molecule has 2 rings (SSSR count). The van der Waals surface area contributed by atoms with Gasteiger partial charge in [-0.05, 0) is 23.6 Å². The van der Waals surface area contributed by atoms with Crippen LogP contribution in [-0.2, 0) is 0 Å². The van der Waals surface area contributed by atoms with Crippen molar-refractivity contribution in [2.24, 2.45) is 0 Å². The molecule has 0 radical (unpaired) electrons. The maximum atomic E-state index is 11.5. The van der Waals surface area contributed by atoms with E-state index in [0.717, 1.165) is 5.39 Å². The van der Waals surface area contributed by atoms with E-state index in [2.05, 4.69) is 4.98 Å². The topological polar surface area (TPSA) is 49.9 Å². The lowest BCUT2D eigenvalue weighted by Crippen LogP contribution is -2.05. The highest BCUT2D eigenvalue weighted by molar-refractivity contribution is 5.99. The summed E-state index contributed by atoms with van der Waals surface area (Å²) in [4.78, 5) is 25.4. The number of aromatic amines is 1. The number of aromatic nitrogens is 1. The Kier molecular flexibility index (Phi) is 2.37. The van der Waals surface area contributed by atoms with E-state index >= 15 is 0 Å². The van der Waals surface area contributed by atoms with Crippen LogP contribution in [0.4, 0.5) is 0 Å². The van der Waals surface area contributed by atoms with Crippen LogP contribution >= 0.6 is 0 Å². The molecule has 1 aromatic heterocycles. The fraction of sp³-hybridized carbons (Fsp3) is 0.167. The number of Topliss-reactive ketones (excluding diaryl/α,β-unsaturated/α-hetero) is 1. The second-order valence-corrected chi connectivity index (χ2v) is 3.39. The van der Waals surface area contributed by atoms with Crippen LogP contribution in [-0.4, -0.2) is 10.8 Å². The van der Waals surface area contributed by atoms with Crippen molar-refractivity contribution in [2.45, 2.75) is 13.3 Å². The number of carbonyl (C=O) groups is 1. The summed E-state index contributed by atoms with van der Waals surface area (Å²) in [6, 6.07) is 6.94. The molecule has 2 aromatic rings. The number of benzene rings is 1. The molecule has 0 aliphatic rings. The van der Waals surface area contributed by atoms with Gasteiger partial charge in [0, 0.05) is 23.6 Å². The minimum absolute atomic E-state index is 0.0946. The van der Waals surface area contributed by atoms with Gasteiger partial charge in [-0.1, -0.05) is 13.0 Å². The van der Waals surface area contributed by atoms with Crippen LogP contribution in [0.1, 0.15) is 23.7 Å². The van der Waals surface area contributed by atoms with Gasteiger partial charge in [0.1, 0.15) is 0 Å². The van der Waals surface area contributed by atoms with Crippen molar-refractivity contribution in [3.05, 3.63) is 46.4 Å². The second-order valence-electron chi connectivity index (χ2n) is 3.39. The molecule has 0 saturated heterocycles. The van der Waals surface area contributed by atoms with Gasteiger partial charge in [-0.2, -0.15) is 0 Å². The molecule has 1 aromatic carbocycles. The fourth-order valence-corrected chi connectivity index (χ4v) is 1.57. The highest BCUT2D eigenvalue weighted by Gasteiger charge is 2.04. The first-order valence-electron chi connectivity index (χ1n) is 4.87. The summed E-state index contributed by atoms with van der Waals surface area (Å²) in [7, 11) is 0. The maximum Gasteiger partial charge on any atom is 0.255 e. The number of carbonyl (C=O) groups excluding carboxylic acids is 1. The van der Waals surface area contributed by atoms with Crippen molar-refractivity contribution in [3.63, 3.8) is 0 Å². The van der Waals surface area contributed by atoms with E-state index in [0.29, 0.717) is 17.4 Å². The number of pyridine rings is 1. The van der Waals surface area contributed by atoms with Crippen molar-refractivity contribution < 1.29 is 4.79 Å². The number of ketones is 1. The molecule has 0 fully saturated rings. The summed E-state index contributed by atoms with van der Waals surface area (Å²) < 4.78 is 0. The summed E-state index contributed by atoms with van der Waals surface area (Å²) in [6.07, 6.45) is 2.07. The molecule has 15 heavy (non-hydrogen) atoms. The summed E-state index contributed by atoms with van der Waals surface area (Å²) in [5.41, 5.74) is 0.540. The molecule has 0 aliphatic heterocycles. The molecule has 0 spiro atoms. The standard InChI is InChI=1S/C12H11NO2/c1-2-11(14)9-3-4-10-8(7-9)5-6-13-12(10)15/h3-7H,2H2,1H3,(H,13,15). The molecule has 1 N–H and O–H groups in total. The van der Waals surface area contributed by atoms with Crippen LogP contribution in [0, 0.1) is 0 Å². The molecule has 0 bridgehead atoms. The van der Waals surface area contributed by atoms with Gasteiger partial charge >= 0.3 is 0 Å². The summed E-state index contributed by atoms with van der Waals surface area (Å²) in [5.74, 6) is 0.0946. The van der Waals surface area contributed by atoms with Crippen LogP contribution in [0.5, 0.6) is 0 Å². The summed E-state index contributed by atoms with van der Waals surface area (Å²) in [6.45, 7) is 1.82. The van der Waals surface area contributed by atoms with E-state index in [-0.39, 0.29) is 11.3 Å². The zero-order chi connectivity index (χ0) is 10.8. The molecule has 1 heterocycles. The first-order valence-corrected chi connectivity index (χ1v) is 4.87. The number of nitrogens with one attached hydrogen (secondary N) is 1. The quantitative estimate of drug-likeness (QED) is 0.756. The smallest absolute Gasteiger partial charge is 0.255 e. The van der Waals surface area contributed by atoms with E-state index in [9.17, 15) is 9.59 Å². The van der Waals surface area contributed by atoms with E-state index < -0.39 is 0 Å². The molecule has 3 heteroatoms. The van der Waals surface area contributed by atoms with Crippen molar-refractivity contribution in [2.75, 3.05) is 0 Å². The Hall–Kier alpha value is -1.90. The highest BCUT2D eigenvalue weighted by Crippen LogP contribution is 2.12. The number of H-pyrrole nitrogens is 1. The monoisotopic (exact) mass is 201 g/mol. The molecule has 76 valence electrons. The van der Waals surface area contributed by atoms with Crippen molar-refractivity contribution in [3.8, 4) is 0 Å². The molecule has 0 saturated carbocycles. The van der Waals surface area contributed by atoms with Crippen molar-refractivity contribution in [1.82, 2.24) is 4.98 Å². The Morgan fingerprint density at radius 1 is 1.33 bits per heavy atom.